The van der Waals surface area contributed by atoms with Gasteiger partial charge in [0.25, 0.3) is 0 Å². The molecule has 35 heavy (non-hydrogen) atoms. The summed E-state index contributed by atoms with van der Waals surface area (Å²) in [6.07, 6.45) is 5.77. The molecule has 0 fully saturated rings. The number of fused-ring (bicyclic) bond motifs is 2. The first kappa shape index (κ1) is 24.7. The fourth-order valence-electron chi connectivity index (χ4n) is 4.84. The smallest absolute Gasteiger partial charge is 0.405 e. The van der Waals surface area contributed by atoms with Crippen molar-refractivity contribution in [1.29, 1.82) is 0 Å². The highest BCUT2D eigenvalue weighted by Crippen LogP contribution is 2.33. The quantitative estimate of drug-likeness (QED) is 0.479. The monoisotopic (exact) mass is 478 g/mol. The van der Waals surface area contributed by atoms with Crippen molar-refractivity contribution in [2.24, 2.45) is 5.41 Å². The minimum atomic E-state index is -1.22. The highest BCUT2D eigenvalue weighted by molar-refractivity contribution is 5.86. The third-order valence-electron chi connectivity index (χ3n) is 6.63. The van der Waals surface area contributed by atoms with Gasteiger partial charge in [0.1, 0.15) is 11.7 Å². The number of hydrogen-bond acceptors (Lipinski definition) is 5. The van der Waals surface area contributed by atoms with Crippen LogP contribution in [0.4, 0.5) is 4.79 Å². The van der Waals surface area contributed by atoms with Crippen LogP contribution in [-0.4, -0.2) is 49.5 Å². The third-order valence-corrected chi connectivity index (χ3v) is 6.63. The highest BCUT2D eigenvalue weighted by atomic mass is 16.4. The van der Waals surface area contributed by atoms with Crippen LogP contribution in [0.2, 0.25) is 0 Å². The van der Waals surface area contributed by atoms with Crippen LogP contribution in [-0.2, 0) is 24.3 Å². The second-order valence-electron chi connectivity index (χ2n) is 10.3. The molecule has 1 unspecified atom stereocenters. The molecule has 0 aromatic carbocycles. The summed E-state index contributed by atoms with van der Waals surface area (Å²) >= 11 is 0. The first-order valence-electron chi connectivity index (χ1n) is 12.0. The first-order chi connectivity index (χ1) is 16.6. The van der Waals surface area contributed by atoms with Crippen LogP contribution in [0.5, 0.6) is 0 Å². The Morgan fingerprint density at radius 2 is 2.06 bits per heavy atom. The molecule has 3 aromatic rings. The molecule has 3 heterocycles. The van der Waals surface area contributed by atoms with Crippen molar-refractivity contribution in [3.8, 4) is 0 Å². The summed E-state index contributed by atoms with van der Waals surface area (Å²) in [7, 11) is 2.09. The Labute approximate surface area is 205 Å². The van der Waals surface area contributed by atoms with Crippen LogP contribution in [0.1, 0.15) is 62.3 Å². The number of carbonyl (C=O) groups excluding carboxylic acids is 1. The SMILES string of the molecule is CN(Cc1nc2ccccn2c1CNC(=O)C(NC(=O)O)C(C)(C)C)[C@H]1CCCc2cccnc21. The van der Waals surface area contributed by atoms with Gasteiger partial charge in [-0.05, 0) is 55.5 Å². The van der Waals surface area contributed by atoms with Crippen molar-refractivity contribution in [2.45, 2.75) is 65.2 Å². The number of amides is 2. The third kappa shape index (κ3) is 5.45. The largest absolute Gasteiger partial charge is 0.465 e. The molecule has 0 bridgehead atoms. The Bertz CT molecular complexity index is 1220. The number of imidazole rings is 1. The van der Waals surface area contributed by atoms with E-state index < -0.39 is 17.6 Å². The summed E-state index contributed by atoms with van der Waals surface area (Å²) in [5, 5.41) is 14.5. The molecule has 0 saturated heterocycles. The summed E-state index contributed by atoms with van der Waals surface area (Å²) in [6.45, 7) is 6.33. The van der Waals surface area contributed by atoms with E-state index in [1.54, 1.807) is 0 Å². The molecule has 1 aliphatic carbocycles. The van der Waals surface area contributed by atoms with Crippen molar-refractivity contribution in [3.63, 3.8) is 0 Å². The fourth-order valence-corrected chi connectivity index (χ4v) is 4.84. The Balaban J connectivity index is 1.57. The van der Waals surface area contributed by atoms with E-state index in [0.717, 1.165) is 42.0 Å². The van der Waals surface area contributed by atoms with Gasteiger partial charge in [0.15, 0.2) is 0 Å². The Morgan fingerprint density at radius 3 is 2.80 bits per heavy atom. The number of aryl methyl sites for hydroxylation is 1. The van der Waals surface area contributed by atoms with Crippen molar-refractivity contribution in [2.75, 3.05) is 7.05 Å². The van der Waals surface area contributed by atoms with E-state index in [1.807, 2.05) is 61.8 Å². The summed E-state index contributed by atoms with van der Waals surface area (Å²) < 4.78 is 1.98. The second-order valence-corrected chi connectivity index (χ2v) is 10.3. The van der Waals surface area contributed by atoms with Gasteiger partial charge in [-0.1, -0.05) is 32.9 Å². The molecular weight excluding hydrogens is 444 g/mol. The predicted molar refractivity (Wildman–Crippen MR) is 133 cm³/mol. The molecule has 0 aliphatic heterocycles. The van der Waals surface area contributed by atoms with E-state index in [0.29, 0.717) is 6.54 Å². The summed E-state index contributed by atoms with van der Waals surface area (Å²) in [5.41, 5.74) is 4.41. The maximum Gasteiger partial charge on any atom is 0.405 e. The molecule has 9 nitrogen and oxygen atoms in total. The lowest BCUT2D eigenvalue weighted by Gasteiger charge is -2.32. The Hall–Kier alpha value is -3.46. The van der Waals surface area contributed by atoms with E-state index in [9.17, 15) is 14.7 Å². The zero-order valence-corrected chi connectivity index (χ0v) is 20.8. The normalized spacial score (nSPS) is 16.7. The van der Waals surface area contributed by atoms with Gasteiger partial charge in [0, 0.05) is 18.9 Å². The number of rotatable bonds is 7. The lowest BCUT2D eigenvalue weighted by molar-refractivity contribution is -0.125. The van der Waals surface area contributed by atoms with Gasteiger partial charge in [-0.15, -0.1) is 0 Å². The van der Waals surface area contributed by atoms with E-state index >= 15 is 0 Å². The molecule has 0 spiro atoms. The molecule has 3 N–H and O–H groups in total. The topological polar surface area (TPSA) is 112 Å². The summed E-state index contributed by atoms with van der Waals surface area (Å²) in [5.74, 6) is -0.365. The maximum absolute atomic E-state index is 13.0. The maximum atomic E-state index is 13.0. The molecule has 1 aliphatic rings. The minimum absolute atomic E-state index is 0.206. The van der Waals surface area contributed by atoms with Gasteiger partial charge in [-0.25, -0.2) is 9.78 Å². The van der Waals surface area contributed by atoms with Crippen LogP contribution in [0, 0.1) is 5.41 Å². The van der Waals surface area contributed by atoms with Crippen molar-refractivity contribution >= 4 is 17.6 Å². The van der Waals surface area contributed by atoms with Crippen LogP contribution in [0.25, 0.3) is 5.65 Å². The van der Waals surface area contributed by atoms with Gasteiger partial charge in [0.2, 0.25) is 5.91 Å². The van der Waals surface area contributed by atoms with Crippen molar-refractivity contribution in [3.05, 3.63) is 65.4 Å². The Morgan fingerprint density at radius 1 is 1.26 bits per heavy atom. The fraction of sp³-hybridized carbons (Fsp3) is 0.462. The number of nitrogens with zero attached hydrogens (tertiary/aromatic N) is 4. The highest BCUT2D eigenvalue weighted by Gasteiger charge is 2.33. The van der Waals surface area contributed by atoms with E-state index in [2.05, 4.69) is 33.6 Å². The zero-order valence-electron chi connectivity index (χ0n) is 20.8. The average molecular weight is 479 g/mol. The second kappa shape index (κ2) is 10.0. The number of nitrogens with one attached hydrogen (secondary N) is 2. The molecule has 2 amide bonds. The predicted octanol–water partition coefficient (Wildman–Crippen LogP) is 3.54. The van der Waals surface area contributed by atoms with E-state index in [4.69, 9.17) is 4.98 Å². The molecule has 0 radical (unpaired) electrons. The van der Waals surface area contributed by atoms with Gasteiger partial charge in [0.05, 0.1) is 29.7 Å². The summed E-state index contributed by atoms with van der Waals surface area (Å²) in [4.78, 5) is 36.1. The van der Waals surface area contributed by atoms with Crippen LogP contribution >= 0.6 is 0 Å². The lowest BCUT2D eigenvalue weighted by atomic mass is 9.86. The number of carbonyl (C=O) groups is 2. The van der Waals surface area contributed by atoms with Crippen molar-refractivity contribution in [1.82, 2.24) is 29.9 Å². The number of hydrogen-bond donors (Lipinski definition) is 3. The number of aromatic nitrogens is 3. The lowest BCUT2D eigenvalue weighted by Crippen LogP contribution is -2.53. The Kier molecular flexibility index (Phi) is 7.07. The molecule has 3 aromatic heterocycles. The van der Waals surface area contributed by atoms with E-state index in [1.165, 1.54) is 5.56 Å². The van der Waals surface area contributed by atoms with Crippen LogP contribution in [0.15, 0.2) is 42.7 Å². The molecule has 9 heteroatoms. The minimum Gasteiger partial charge on any atom is -0.465 e. The number of carboxylic acid groups (broad SMARTS) is 1. The average Bonchev–Trinajstić information content (AvgIpc) is 3.16. The van der Waals surface area contributed by atoms with Crippen molar-refractivity contribution < 1.29 is 14.7 Å². The first-order valence-corrected chi connectivity index (χ1v) is 12.0. The van der Waals surface area contributed by atoms with Gasteiger partial charge in [-0.3, -0.25) is 14.7 Å². The summed E-state index contributed by atoms with van der Waals surface area (Å²) in [6, 6.07) is 9.28. The molecule has 0 saturated carbocycles. The van der Waals surface area contributed by atoms with E-state index in [-0.39, 0.29) is 18.5 Å². The van der Waals surface area contributed by atoms with Crippen LogP contribution in [0.3, 0.4) is 0 Å². The van der Waals surface area contributed by atoms with Crippen LogP contribution < -0.4 is 10.6 Å². The molecule has 2 atom stereocenters. The molecule has 186 valence electrons. The zero-order chi connectivity index (χ0) is 25.2. The molecular formula is C26H34N6O3. The van der Waals surface area contributed by atoms with Gasteiger partial charge < -0.3 is 20.1 Å². The molecule has 4 rings (SSSR count). The van der Waals surface area contributed by atoms with Gasteiger partial charge in [-0.2, -0.15) is 0 Å². The number of pyridine rings is 2. The standard InChI is InChI=1S/C26H34N6O3/c1-26(2,3)23(30-25(34)35)24(33)28-15-20-18(29-21-12-5-6-14-32(20)21)16-31(4)19-11-7-9-17-10-8-13-27-22(17)19/h5-6,8,10,12-14,19,23,30H,7,9,11,15-16H2,1-4H3,(H,28,33)(H,34,35)/t19-,23?/m0/s1. The van der Waals surface area contributed by atoms with Gasteiger partial charge >= 0.3 is 6.09 Å².